The van der Waals surface area contributed by atoms with Crippen molar-refractivity contribution in [3.8, 4) is 0 Å². The van der Waals surface area contributed by atoms with Gasteiger partial charge < -0.3 is 10.2 Å². The van der Waals surface area contributed by atoms with Crippen molar-refractivity contribution < 1.29 is 9.59 Å². The number of aryl methyl sites for hydroxylation is 1. The number of hydrogen-bond donors (Lipinski definition) is 1. The van der Waals surface area contributed by atoms with Gasteiger partial charge in [0.25, 0.3) is 0 Å². The molecule has 4 nitrogen and oxygen atoms in total. The molecular formula is C19H25BrN2O2. The zero-order chi connectivity index (χ0) is 17.1. The first kappa shape index (κ1) is 17.5. The highest BCUT2D eigenvalue weighted by Crippen LogP contribution is 2.32. The molecule has 1 aliphatic heterocycles. The number of halogens is 1. The van der Waals surface area contributed by atoms with Gasteiger partial charge in [-0.15, -0.1) is 0 Å². The first-order chi connectivity index (χ1) is 11.5. The molecule has 1 atom stereocenters. The second-order valence-corrected chi connectivity index (χ2v) is 7.91. The van der Waals surface area contributed by atoms with E-state index in [1.165, 1.54) is 25.7 Å². The Bertz CT molecular complexity index is 624. The molecule has 5 heteroatoms. The fraction of sp³-hybridized carbons (Fsp3) is 0.579. The molecule has 24 heavy (non-hydrogen) atoms. The molecule has 2 aliphatic rings. The topological polar surface area (TPSA) is 49.4 Å². The van der Waals surface area contributed by atoms with Gasteiger partial charge in [0.05, 0.1) is 11.6 Å². The third-order valence-corrected chi connectivity index (χ3v) is 5.73. The van der Waals surface area contributed by atoms with E-state index in [4.69, 9.17) is 0 Å². The summed E-state index contributed by atoms with van der Waals surface area (Å²) in [7, 11) is 0. The largest absolute Gasteiger partial charge is 0.353 e. The quantitative estimate of drug-likeness (QED) is 0.791. The van der Waals surface area contributed by atoms with Gasteiger partial charge in [-0.3, -0.25) is 9.59 Å². The molecule has 1 heterocycles. The highest BCUT2D eigenvalue weighted by Gasteiger charge is 2.36. The van der Waals surface area contributed by atoms with Crippen LogP contribution in [-0.2, 0) is 9.59 Å². The van der Waals surface area contributed by atoms with Crippen LogP contribution in [0.4, 0.5) is 5.69 Å². The Kier molecular flexibility index (Phi) is 5.59. The van der Waals surface area contributed by atoms with E-state index in [1.807, 2.05) is 25.1 Å². The lowest BCUT2D eigenvalue weighted by Gasteiger charge is -2.20. The molecule has 1 aliphatic carbocycles. The standard InChI is InChI=1S/C19H25BrN2O2/c1-13-8-9-17(16(20)10-13)22-12-14(11-18(22)23)19(24)21-15-6-4-2-3-5-7-15/h8-10,14-15H,2-7,11-12H2,1H3,(H,21,24). The predicted molar refractivity (Wildman–Crippen MR) is 99.0 cm³/mol. The summed E-state index contributed by atoms with van der Waals surface area (Å²) in [5, 5.41) is 3.19. The summed E-state index contributed by atoms with van der Waals surface area (Å²) >= 11 is 3.54. The molecular weight excluding hydrogens is 368 g/mol. The van der Waals surface area contributed by atoms with Crippen LogP contribution in [0.3, 0.4) is 0 Å². The number of amides is 2. The minimum Gasteiger partial charge on any atom is -0.353 e. The third-order valence-electron chi connectivity index (χ3n) is 5.09. The van der Waals surface area contributed by atoms with Crippen LogP contribution in [0.25, 0.3) is 0 Å². The van der Waals surface area contributed by atoms with E-state index in [1.54, 1.807) is 4.90 Å². The Hall–Kier alpha value is -1.36. The SMILES string of the molecule is Cc1ccc(N2CC(C(=O)NC3CCCCCC3)CC2=O)c(Br)c1. The van der Waals surface area contributed by atoms with Gasteiger partial charge in [-0.25, -0.2) is 0 Å². The minimum absolute atomic E-state index is 0.0283. The van der Waals surface area contributed by atoms with Gasteiger partial charge in [-0.05, 0) is 53.4 Å². The summed E-state index contributed by atoms with van der Waals surface area (Å²) in [5.41, 5.74) is 2.00. The highest BCUT2D eigenvalue weighted by molar-refractivity contribution is 9.10. The monoisotopic (exact) mass is 392 g/mol. The Labute approximate surface area is 152 Å². The molecule has 0 radical (unpaired) electrons. The molecule has 0 aromatic heterocycles. The van der Waals surface area contributed by atoms with Gasteiger partial charge in [0.1, 0.15) is 0 Å². The molecule has 130 valence electrons. The van der Waals surface area contributed by atoms with Crippen LogP contribution >= 0.6 is 15.9 Å². The Morgan fingerprint density at radius 1 is 1.21 bits per heavy atom. The molecule has 0 spiro atoms. The van der Waals surface area contributed by atoms with E-state index in [9.17, 15) is 9.59 Å². The van der Waals surface area contributed by atoms with Gasteiger partial charge in [-0.1, -0.05) is 31.7 Å². The van der Waals surface area contributed by atoms with Gasteiger partial charge in [0.15, 0.2) is 0 Å². The molecule has 1 unspecified atom stereocenters. The lowest BCUT2D eigenvalue weighted by Crippen LogP contribution is -2.39. The highest BCUT2D eigenvalue weighted by atomic mass is 79.9. The van der Waals surface area contributed by atoms with Gasteiger partial charge in [0.2, 0.25) is 11.8 Å². The number of nitrogens with one attached hydrogen (secondary N) is 1. The fourth-order valence-electron chi connectivity index (χ4n) is 3.69. The Morgan fingerprint density at radius 2 is 1.92 bits per heavy atom. The van der Waals surface area contributed by atoms with Crippen LogP contribution in [0.15, 0.2) is 22.7 Å². The van der Waals surface area contributed by atoms with Crippen molar-refractivity contribution in [3.63, 3.8) is 0 Å². The number of hydrogen-bond acceptors (Lipinski definition) is 2. The number of nitrogens with zero attached hydrogens (tertiary/aromatic N) is 1. The molecule has 1 saturated carbocycles. The molecule has 1 aromatic rings. The van der Waals surface area contributed by atoms with Crippen LogP contribution < -0.4 is 10.2 Å². The van der Waals surface area contributed by atoms with E-state index >= 15 is 0 Å². The number of carbonyl (C=O) groups is 2. The summed E-state index contributed by atoms with van der Waals surface area (Å²) in [6, 6.07) is 6.23. The van der Waals surface area contributed by atoms with Crippen molar-refractivity contribution in [2.45, 2.75) is 57.9 Å². The molecule has 2 amide bonds. The van der Waals surface area contributed by atoms with Gasteiger partial charge in [0, 0.05) is 23.5 Å². The van der Waals surface area contributed by atoms with E-state index in [-0.39, 0.29) is 23.8 Å². The molecule has 1 aromatic carbocycles. The van der Waals surface area contributed by atoms with Crippen molar-refractivity contribution >= 4 is 33.4 Å². The number of benzene rings is 1. The normalized spacial score (nSPS) is 22.5. The zero-order valence-corrected chi connectivity index (χ0v) is 15.8. The summed E-state index contributed by atoms with van der Waals surface area (Å²) < 4.78 is 0.903. The second kappa shape index (κ2) is 7.68. The van der Waals surface area contributed by atoms with E-state index in [0.717, 1.165) is 28.6 Å². The van der Waals surface area contributed by atoms with Crippen molar-refractivity contribution in [1.82, 2.24) is 5.32 Å². The average molecular weight is 393 g/mol. The van der Waals surface area contributed by atoms with Crippen LogP contribution in [-0.4, -0.2) is 24.4 Å². The second-order valence-electron chi connectivity index (χ2n) is 7.06. The maximum atomic E-state index is 12.6. The lowest BCUT2D eigenvalue weighted by atomic mass is 10.0. The summed E-state index contributed by atoms with van der Waals surface area (Å²) in [5.74, 6) is -0.171. The molecule has 1 N–H and O–H groups in total. The molecule has 3 rings (SSSR count). The molecule has 2 fully saturated rings. The first-order valence-electron chi connectivity index (χ1n) is 8.91. The Morgan fingerprint density at radius 3 is 2.58 bits per heavy atom. The van der Waals surface area contributed by atoms with Crippen LogP contribution in [0.1, 0.15) is 50.5 Å². The van der Waals surface area contributed by atoms with Crippen molar-refractivity contribution in [3.05, 3.63) is 28.2 Å². The van der Waals surface area contributed by atoms with Crippen molar-refractivity contribution in [1.29, 1.82) is 0 Å². The molecule has 0 bridgehead atoms. The van der Waals surface area contributed by atoms with Crippen LogP contribution in [0, 0.1) is 12.8 Å². The third kappa shape index (κ3) is 4.00. The number of anilines is 1. The summed E-state index contributed by atoms with van der Waals surface area (Å²) in [4.78, 5) is 26.7. The smallest absolute Gasteiger partial charge is 0.227 e. The minimum atomic E-state index is -0.242. The Balaban J connectivity index is 1.64. The van der Waals surface area contributed by atoms with Crippen LogP contribution in [0.2, 0.25) is 0 Å². The van der Waals surface area contributed by atoms with Gasteiger partial charge >= 0.3 is 0 Å². The fourth-order valence-corrected chi connectivity index (χ4v) is 4.40. The average Bonchev–Trinajstić information content (AvgIpc) is 2.75. The predicted octanol–water partition coefficient (Wildman–Crippen LogP) is 3.95. The maximum Gasteiger partial charge on any atom is 0.227 e. The number of rotatable bonds is 3. The van der Waals surface area contributed by atoms with E-state index < -0.39 is 0 Å². The summed E-state index contributed by atoms with van der Waals surface area (Å²) in [6.45, 7) is 2.49. The van der Waals surface area contributed by atoms with Crippen LogP contribution in [0.5, 0.6) is 0 Å². The van der Waals surface area contributed by atoms with Gasteiger partial charge in [-0.2, -0.15) is 0 Å². The zero-order valence-electron chi connectivity index (χ0n) is 14.2. The van der Waals surface area contributed by atoms with Crippen molar-refractivity contribution in [2.24, 2.45) is 5.92 Å². The number of carbonyl (C=O) groups excluding carboxylic acids is 2. The lowest BCUT2D eigenvalue weighted by molar-refractivity contribution is -0.127. The molecule has 1 saturated heterocycles. The first-order valence-corrected chi connectivity index (χ1v) is 9.71. The van der Waals surface area contributed by atoms with E-state index in [2.05, 4.69) is 21.2 Å². The summed E-state index contributed by atoms with van der Waals surface area (Å²) in [6.07, 6.45) is 7.36. The maximum absolute atomic E-state index is 12.6. The van der Waals surface area contributed by atoms with Crippen molar-refractivity contribution in [2.75, 3.05) is 11.4 Å². The van der Waals surface area contributed by atoms with E-state index in [0.29, 0.717) is 13.0 Å².